The molecule has 1 aromatic heterocycles. The van der Waals surface area contributed by atoms with Gasteiger partial charge in [0.05, 0.1) is 23.6 Å². The lowest BCUT2D eigenvalue weighted by molar-refractivity contribution is -0.126. The van der Waals surface area contributed by atoms with Gasteiger partial charge in [-0.05, 0) is 44.7 Å². The first kappa shape index (κ1) is 19.9. The fourth-order valence-electron chi connectivity index (χ4n) is 4.54. The molecule has 0 spiro atoms. The van der Waals surface area contributed by atoms with E-state index in [1.807, 2.05) is 31.2 Å². The average Bonchev–Trinajstić information content (AvgIpc) is 3.02. The lowest BCUT2D eigenvalue weighted by Crippen LogP contribution is -2.46. The van der Waals surface area contributed by atoms with E-state index < -0.39 is 0 Å². The van der Waals surface area contributed by atoms with Gasteiger partial charge in [0.15, 0.2) is 5.82 Å². The number of fused-ring (bicyclic) bond motifs is 1. The second-order valence-corrected chi connectivity index (χ2v) is 8.26. The molecule has 6 nitrogen and oxygen atoms in total. The van der Waals surface area contributed by atoms with Crippen LogP contribution in [0.15, 0.2) is 24.3 Å². The Labute approximate surface area is 173 Å². The lowest BCUT2D eigenvalue weighted by atomic mass is 9.96. The van der Waals surface area contributed by atoms with E-state index in [2.05, 4.69) is 15.2 Å². The highest BCUT2D eigenvalue weighted by Gasteiger charge is 2.30. The predicted molar refractivity (Wildman–Crippen MR) is 115 cm³/mol. The minimum absolute atomic E-state index is 0.00486. The number of benzene rings is 1. The number of hydrogen-bond acceptors (Lipinski definition) is 5. The van der Waals surface area contributed by atoms with Crippen molar-refractivity contribution in [2.24, 2.45) is 5.92 Å². The molecule has 1 aromatic carbocycles. The Morgan fingerprint density at radius 1 is 1.07 bits per heavy atom. The number of hydrogen-bond donors (Lipinski definition) is 1. The second-order valence-electron chi connectivity index (χ2n) is 8.26. The maximum absolute atomic E-state index is 13.0. The summed E-state index contributed by atoms with van der Waals surface area (Å²) in [5.41, 5.74) is 1.69. The van der Waals surface area contributed by atoms with Crippen LogP contribution in [-0.4, -0.2) is 41.6 Å². The van der Waals surface area contributed by atoms with Crippen molar-refractivity contribution in [1.82, 2.24) is 15.3 Å². The molecule has 29 heavy (non-hydrogen) atoms. The first-order valence-electron chi connectivity index (χ1n) is 11.2. The van der Waals surface area contributed by atoms with Crippen LogP contribution in [0.1, 0.15) is 58.3 Å². The van der Waals surface area contributed by atoms with Crippen LogP contribution < -0.4 is 15.0 Å². The van der Waals surface area contributed by atoms with E-state index in [1.165, 1.54) is 25.7 Å². The number of aromatic nitrogens is 2. The summed E-state index contributed by atoms with van der Waals surface area (Å²) in [7, 11) is 0. The predicted octanol–water partition coefficient (Wildman–Crippen LogP) is 4.08. The first-order chi connectivity index (χ1) is 14.2. The topological polar surface area (TPSA) is 67.4 Å². The molecule has 1 saturated heterocycles. The first-order valence-corrected chi connectivity index (χ1v) is 11.2. The maximum atomic E-state index is 13.0. The molecule has 156 valence electrons. The van der Waals surface area contributed by atoms with E-state index >= 15 is 0 Å². The Balaban J connectivity index is 1.50. The molecule has 1 aliphatic carbocycles. The quantitative estimate of drug-likeness (QED) is 0.771. The standard InChI is InChI=1S/C23H32N4O2/c1-2-29-23-21(25-19-13-7-8-14-20(19)26-23)27-15-9-10-17(16-27)22(28)24-18-11-5-3-4-6-12-18/h7-8,13-14,17-18H,2-6,9-12,15-16H2,1H3,(H,24,28)/t17-/m0/s1. The zero-order valence-electron chi connectivity index (χ0n) is 17.4. The third kappa shape index (κ3) is 4.80. The minimum Gasteiger partial charge on any atom is -0.475 e. The molecule has 1 saturated carbocycles. The Hall–Kier alpha value is -2.37. The van der Waals surface area contributed by atoms with Gasteiger partial charge in [0.1, 0.15) is 0 Å². The van der Waals surface area contributed by atoms with Crippen molar-refractivity contribution >= 4 is 22.8 Å². The molecule has 4 rings (SSSR count). The molecule has 0 radical (unpaired) electrons. The third-order valence-electron chi connectivity index (χ3n) is 6.10. The van der Waals surface area contributed by atoms with Gasteiger partial charge in [0, 0.05) is 19.1 Å². The number of amides is 1. The van der Waals surface area contributed by atoms with Crippen molar-refractivity contribution < 1.29 is 9.53 Å². The van der Waals surface area contributed by atoms with Crippen LogP contribution in [0.5, 0.6) is 5.88 Å². The maximum Gasteiger partial charge on any atom is 0.258 e. The van der Waals surface area contributed by atoms with Crippen molar-refractivity contribution in [2.45, 2.75) is 64.3 Å². The van der Waals surface area contributed by atoms with Crippen LogP contribution in [0.25, 0.3) is 11.0 Å². The summed E-state index contributed by atoms with van der Waals surface area (Å²) in [5.74, 6) is 1.52. The summed E-state index contributed by atoms with van der Waals surface area (Å²) in [4.78, 5) is 24.7. The molecule has 2 fully saturated rings. The number of para-hydroxylation sites is 2. The van der Waals surface area contributed by atoms with Crippen molar-refractivity contribution in [2.75, 3.05) is 24.6 Å². The average molecular weight is 397 g/mol. The van der Waals surface area contributed by atoms with Crippen LogP contribution >= 0.6 is 0 Å². The summed E-state index contributed by atoms with van der Waals surface area (Å²) in [5, 5.41) is 3.34. The second kappa shape index (κ2) is 9.42. The largest absolute Gasteiger partial charge is 0.475 e. The molecule has 1 aliphatic heterocycles. The van der Waals surface area contributed by atoms with Gasteiger partial charge in [-0.25, -0.2) is 9.97 Å². The monoisotopic (exact) mass is 396 g/mol. The number of ether oxygens (including phenoxy) is 1. The number of nitrogens with one attached hydrogen (secondary N) is 1. The molecule has 1 amide bonds. The van der Waals surface area contributed by atoms with Crippen LogP contribution in [-0.2, 0) is 4.79 Å². The van der Waals surface area contributed by atoms with Crippen molar-refractivity contribution in [3.8, 4) is 5.88 Å². The summed E-state index contributed by atoms with van der Waals surface area (Å²) >= 11 is 0. The molecule has 2 aromatic rings. The number of rotatable bonds is 5. The van der Waals surface area contributed by atoms with Gasteiger partial charge in [-0.1, -0.05) is 37.8 Å². The number of carbonyl (C=O) groups is 1. The third-order valence-corrected chi connectivity index (χ3v) is 6.10. The zero-order valence-corrected chi connectivity index (χ0v) is 17.4. The Kier molecular flexibility index (Phi) is 6.47. The van der Waals surface area contributed by atoms with E-state index in [9.17, 15) is 4.79 Å². The highest BCUT2D eigenvalue weighted by molar-refractivity contribution is 5.81. The van der Waals surface area contributed by atoms with Gasteiger partial charge in [-0.3, -0.25) is 4.79 Å². The van der Waals surface area contributed by atoms with E-state index in [0.29, 0.717) is 25.1 Å². The van der Waals surface area contributed by atoms with Crippen molar-refractivity contribution in [3.63, 3.8) is 0 Å². The summed E-state index contributed by atoms with van der Waals surface area (Å²) in [6.07, 6.45) is 9.19. The number of nitrogens with zero attached hydrogens (tertiary/aromatic N) is 3. The zero-order chi connectivity index (χ0) is 20.1. The SMILES string of the molecule is CCOc1nc2ccccc2nc1N1CCC[C@H](C(=O)NC2CCCCCC2)C1. The number of carbonyl (C=O) groups excluding carboxylic acids is 1. The molecule has 6 heteroatoms. The molecular weight excluding hydrogens is 364 g/mol. The molecule has 2 heterocycles. The van der Waals surface area contributed by atoms with Gasteiger partial charge >= 0.3 is 0 Å². The lowest BCUT2D eigenvalue weighted by Gasteiger charge is -2.34. The van der Waals surface area contributed by atoms with E-state index in [-0.39, 0.29) is 11.8 Å². The number of piperidine rings is 1. The van der Waals surface area contributed by atoms with Crippen LogP contribution in [0.4, 0.5) is 5.82 Å². The van der Waals surface area contributed by atoms with Crippen molar-refractivity contribution in [1.29, 1.82) is 0 Å². The molecule has 1 atom stereocenters. The Bertz CT molecular complexity index is 833. The fraction of sp³-hybridized carbons (Fsp3) is 0.609. The van der Waals surface area contributed by atoms with Gasteiger partial charge in [-0.15, -0.1) is 0 Å². The molecule has 0 bridgehead atoms. The highest BCUT2D eigenvalue weighted by atomic mass is 16.5. The van der Waals surface area contributed by atoms with Gasteiger partial charge in [0.2, 0.25) is 5.91 Å². The molecular formula is C23H32N4O2. The summed E-state index contributed by atoms with van der Waals surface area (Å²) in [6.45, 7) is 4.05. The van der Waals surface area contributed by atoms with Crippen molar-refractivity contribution in [3.05, 3.63) is 24.3 Å². The van der Waals surface area contributed by atoms with Gasteiger partial charge in [0.25, 0.3) is 5.88 Å². The van der Waals surface area contributed by atoms with E-state index in [0.717, 1.165) is 49.1 Å². The van der Waals surface area contributed by atoms with Crippen LogP contribution in [0.3, 0.4) is 0 Å². The minimum atomic E-state index is -0.00486. The summed E-state index contributed by atoms with van der Waals surface area (Å²) < 4.78 is 5.81. The van der Waals surface area contributed by atoms with E-state index in [1.54, 1.807) is 0 Å². The summed E-state index contributed by atoms with van der Waals surface area (Å²) in [6, 6.07) is 8.21. The normalized spacial score (nSPS) is 21.0. The van der Waals surface area contributed by atoms with Gasteiger partial charge in [-0.2, -0.15) is 0 Å². The van der Waals surface area contributed by atoms with E-state index in [4.69, 9.17) is 9.72 Å². The van der Waals surface area contributed by atoms with Gasteiger partial charge < -0.3 is 15.0 Å². The Morgan fingerprint density at radius 3 is 2.52 bits per heavy atom. The molecule has 0 unspecified atom stereocenters. The molecule has 1 N–H and O–H groups in total. The van der Waals surface area contributed by atoms with Crippen LogP contribution in [0.2, 0.25) is 0 Å². The fourth-order valence-corrected chi connectivity index (χ4v) is 4.54. The highest BCUT2D eigenvalue weighted by Crippen LogP contribution is 2.31. The smallest absolute Gasteiger partial charge is 0.258 e. The molecule has 2 aliphatic rings. The number of anilines is 1. The van der Waals surface area contributed by atoms with Crippen LogP contribution in [0, 0.1) is 5.92 Å². The Morgan fingerprint density at radius 2 is 1.79 bits per heavy atom.